The third-order valence-electron chi connectivity index (χ3n) is 2.98. The minimum absolute atomic E-state index is 0.0131. The van der Waals surface area contributed by atoms with Crippen LogP contribution in [0.1, 0.15) is 46.5 Å². The van der Waals surface area contributed by atoms with Crippen LogP contribution in [0.25, 0.3) is 0 Å². The van der Waals surface area contributed by atoms with Crippen LogP contribution in [0.15, 0.2) is 0 Å². The van der Waals surface area contributed by atoms with Gasteiger partial charge in [-0.2, -0.15) is 0 Å². The van der Waals surface area contributed by atoms with E-state index in [1.54, 1.807) is 0 Å². The van der Waals surface area contributed by atoms with E-state index in [-0.39, 0.29) is 4.99 Å². The zero-order valence-electron chi connectivity index (χ0n) is 10.9. The SMILES string of the molecule is CCCCC(CC)CNS(=O)(=O)C(C)C(N)=S. The molecule has 0 aliphatic rings. The first-order chi connectivity index (χ1) is 7.85. The predicted molar refractivity (Wildman–Crippen MR) is 76.5 cm³/mol. The van der Waals surface area contributed by atoms with Gasteiger partial charge >= 0.3 is 0 Å². The van der Waals surface area contributed by atoms with Crippen molar-refractivity contribution in [2.75, 3.05) is 6.54 Å². The van der Waals surface area contributed by atoms with Crippen molar-refractivity contribution in [3.05, 3.63) is 0 Å². The summed E-state index contributed by atoms with van der Waals surface area (Å²) in [6.45, 7) is 6.20. The van der Waals surface area contributed by atoms with Crippen molar-refractivity contribution in [2.45, 2.75) is 51.7 Å². The van der Waals surface area contributed by atoms with Crippen LogP contribution < -0.4 is 10.5 Å². The molecule has 0 aliphatic heterocycles. The smallest absolute Gasteiger partial charge is 0.220 e. The summed E-state index contributed by atoms with van der Waals surface area (Å²) in [5, 5.41) is -0.804. The second-order valence-electron chi connectivity index (χ2n) is 4.35. The molecule has 0 spiro atoms. The van der Waals surface area contributed by atoms with Crippen LogP contribution in [0.5, 0.6) is 0 Å². The van der Waals surface area contributed by atoms with Crippen LogP contribution in [0.2, 0.25) is 0 Å². The number of unbranched alkanes of at least 4 members (excludes halogenated alkanes) is 1. The number of hydrogen-bond acceptors (Lipinski definition) is 3. The topological polar surface area (TPSA) is 72.2 Å². The lowest BCUT2D eigenvalue weighted by molar-refractivity contribution is 0.443. The highest BCUT2D eigenvalue weighted by molar-refractivity contribution is 7.93. The van der Waals surface area contributed by atoms with Gasteiger partial charge in [0, 0.05) is 6.54 Å². The van der Waals surface area contributed by atoms with Gasteiger partial charge in [0.25, 0.3) is 0 Å². The quantitative estimate of drug-likeness (QED) is 0.632. The van der Waals surface area contributed by atoms with Crippen molar-refractivity contribution >= 4 is 27.2 Å². The molecule has 6 heteroatoms. The van der Waals surface area contributed by atoms with Crippen molar-refractivity contribution in [2.24, 2.45) is 11.7 Å². The highest BCUT2D eigenvalue weighted by Crippen LogP contribution is 2.12. The monoisotopic (exact) mass is 280 g/mol. The normalized spacial score (nSPS) is 15.5. The van der Waals surface area contributed by atoms with Gasteiger partial charge < -0.3 is 5.73 Å². The Morgan fingerprint density at radius 1 is 1.41 bits per heavy atom. The standard InChI is InChI=1S/C11H24N2O2S2/c1-4-6-7-10(5-2)8-13-17(14,15)9(3)11(12)16/h9-10,13H,4-8H2,1-3H3,(H2,12,16). The molecule has 3 N–H and O–H groups in total. The van der Waals surface area contributed by atoms with E-state index in [0.717, 1.165) is 25.7 Å². The molecular formula is C11H24N2O2S2. The average Bonchev–Trinajstić information content (AvgIpc) is 2.28. The molecule has 17 heavy (non-hydrogen) atoms. The van der Waals surface area contributed by atoms with Crippen LogP contribution in [-0.2, 0) is 10.0 Å². The molecule has 0 aromatic heterocycles. The van der Waals surface area contributed by atoms with Crippen LogP contribution >= 0.6 is 12.2 Å². The molecule has 0 saturated heterocycles. The summed E-state index contributed by atoms with van der Waals surface area (Å²) in [7, 11) is -3.41. The third kappa shape index (κ3) is 6.33. The first-order valence-electron chi connectivity index (χ1n) is 6.12. The summed E-state index contributed by atoms with van der Waals surface area (Å²) < 4.78 is 26.2. The van der Waals surface area contributed by atoms with Crippen molar-refractivity contribution in [1.82, 2.24) is 4.72 Å². The number of thiocarbonyl (C=S) groups is 1. The lowest BCUT2D eigenvalue weighted by Gasteiger charge is -2.17. The summed E-state index contributed by atoms with van der Waals surface area (Å²) >= 11 is 4.70. The predicted octanol–water partition coefficient (Wildman–Crippen LogP) is 1.80. The Balaban J connectivity index is 4.29. The second kappa shape index (κ2) is 8.00. The molecule has 0 aromatic rings. The van der Waals surface area contributed by atoms with E-state index >= 15 is 0 Å². The molecule has 0 bridgehead atoms. The van der Waals surface area contributed by atoms with E-state index < -0.39 is 15.3 Å². The Morgan fingerprint density at radius 2 is 2.00 bits per heavy atom. The highest BCUT2D eigenvalue weighted by Gasteiger charge is 2.23. The molecule has 2 atom stereocenters. The first-order valence-corrected chi connectivity index (χ1v) is 8.08. The van der Waals surface area contributed by atoms with Gasteiger partial charge in [0.2, 0.25) is 10.0 Å². The summed E-state index contributed by atoms with van der Waals surface area (Å²) in [4.78, 5) is 0.0131. The largest absolute Gasteiger partial charge is 0.392 e. The number of nitrogens with two attached hydrogens (primary N) is 1. The van der Waals surface area contributed by atoms with Crippen LogP contribution in [0.4, 0.5) is 0 Å². The van der Waals surface area contributed by atoms with E-state index in [0.29, 0.717) is 12.5 Å². The van der Waals surface area contributed by atoms with Crippen LogP contribution in [0, 0.1) is 5.92 Å². The zero-order chi connectivity index (χ0) is 13.5. The van der Waals surface area contributed by atoms with E-state index in [1.807, 2.05) is 0 Å². The second-order valence-corrected chi connectivity index (χ2v) is 6.91. The maximum absolute atomic E-state index is 11.8. The molecule has 0 aliphatic carbocycles. The zero-order valence-corrected chi connectivity index (χ0v) is 12.5. The summed E-state index contributed by atoms with van der Waals surface area (Å²) in [5.74, 6) is 0.392. The summed E-state index contributed by atoms with van der Waals surface area (Å²) in [5.41, 5.74) is 5.35. The van der Waals surface area contributed by atoms with Gasteiger partial charge in [-0.05, 0) is 19.3 Å². The number of sulfonamides is 1. The van der Waals surface area contributed by atoms with Crippen LogP contribution in [0.3, 0.4) is 0 Å². The Bertz CT molecular complexity index is 328. The van der Waals surface area contributed by atoms with E-state index in [4.69, 9.17) is 18.0 Å². The summed E-state index contributed by atoms with van der Waals surface area (Å²) in [6, 6.07) is 0. The minimum Gasteiger partial charge on any atom is -0.392 e. The van der Waals surface area contributed by atoms with Gasteiger partial charge in [0.15, 0.2) is 0 Å². The van der Waals surface area contributed by atoms with Crippen molar-refractivity contribution in [1.29, 1.82) is 0 Å². The van der Waals surface area contributed by atoms with Crippen molar-refractivity contribution < 1.29 is 8.42 Å². The van der Waals surface area contributed by atoms with E-state index in [2.05, 4.69) is 18.6 Å². The number of rotatable bonds is 9. The van der Waals surface area contributed by atoms with Gasteiger partial charge in [-0.15, -0.1) is 0 Å². The van der Waals surface area contributed by atoms with Gasteiger partial charge in [0.1, 0.15) is 5.25 Å². The maximum Gasteiger partial charge on any atom is 0.220 e. The fraction of sp³-hybridized carbons (Fsp3) is 0.909. The Morgan fingerprint density at radius 3 is 2.41 bits per heavy atom. The van der Waals surface area contributed by atoms with Crippen molar-refractivity contribution in [3.8, 4) is 0 Å². The highest BCUT2D eigenvalue weighted by atomic mass is 32.2. The van der Waals surface area contributed by atoms with E-state index in [9.17, 15) is 8.42 Å². The Kier molecular flexibility index (Phi) is 7.91. The molecule has 0 rings (SSSR count). The van der Waals surface area contributed by atoms with Crippen molar-refractivity contribution in [3.63, 3.8) is 0 Å². The number of nitrogens with one attached hydrogen (secondary N) is 1. The Hall–Kier alpha value is -0.200. The molecule has 2 unspecified atom stereocenters. The Labute approximate surface area is 110 Å². The molecule has 0 saturated carbocycles. The molecule has 0 amide bonds. The molecular weight excluding hydrogens is 256 g/mol. The molecule has 102 valence electrons. The lowest BCUT2D eigenvalue weighted by Crippen LogP contribution is -2.41. The molecule has 0 aromatic carbocycles. The number of hydrogen-bond donors (Lipinski definition) is 2. The molecule has 4 nitrogen and oxygen atoms in total. The maximum atomic E-state index is 11.8. The molecule has 0 radical (unpaired) electrons. The first kappa shape index (κ1) is 16.8. The van der Waals surface area contributed by atoms with Gasteiger partial charge in [0.05, 0.1) is 4.99 Å². The van der Waals surface area contributed by atoms with E-state index in [1.165, 1.54) is 6.92 Å². The van der Waals surface area contributed by atoms with Crippen LogP contribution in [-0.4, -0.2) is 25.2 Å². The van der Waals surface area contributed by atoms with Gasteiger partial charge in [-0.1, -0.05) is 45.3 Å². The third-order valence-corrected chi connectivity index (χ3v) is 5.24. The van der Waals surface area contributed by atoms with Gasteiger partial charge in [-0.3, -0.25) is 0 Å². The fourth-order valence-corrected chi connectivity index (χ4v) is 2.86. The minimum atomic E-state index is -3.41. The fourth-order valence-electron chi connectivity index (χ4n) is 1.46. The van der Waals surface area contributed by atoms with Gasteiger partial charge in [-0.25, -0.2) is 13.1 Å². The summed E-state index contributed by atoms with van der Waals surface area (Å²) in [6.07, 6.45) is 4.29. The lowest BCUT2D eigenvalue weighted by atomic mass is 10.00. The molecule has 0 heterocycles. The molecule has 0 fully saturated rings. The average molecular weight is 280 g/mol.